The molecule has 1 aromatic rings. The van der Waals surface area contributed by atoms with Crippen molar-refractivity contribution in [2.45, 2.75) is 44.6 Å². The van der Waals surface area contributed by atoms with E-state index in [2.05, 4.69) is 21.3 Å². The lowest BCUT2D eigenvalue weighted by atomic mass is 10.1. The van der Waals surface area contributed by atoms with Crippen molar-refractivity contribution in [2.75, 3.05) is 18.4 Å². The third kappa shape index (κ3) is 5.47. The standard InChI is InChI=1S/C19H26N4O3/c24-17(13-3-1-2-4-13)20-11-12-21-18(25)14-5-7-15(8-6-14)22-19(26)23-16-9-10-16/h5-8,13,16H,1-4,9-12H2,(H,20,24)(H,21,25)(H2,22,23,26). The van der Waals surface area contributed by atoms with Crippen LogP contribution < -0.4 is 21.3 Å². The van der Waals surface area contributed by atoms with Gasteiger partial charge in [-0.3, -0.25) is 9.59 Å². The average Bonchev–Trinajstić information content (AvgIpc) is 3.26. The molecular weight excluding hydrogens is 332 g/mol. The van der Waals surface area contributed by atoms with Crippen LogP contribution in [0.2, 0.25) is 0 Å². The predicted molar refractivity (Wildman–Crippen MR) is 98.9 cm³/mol. The average molecular weight is 358 g/mol. The Labute approximate surface area is 153 Å². The minimum atomic E-state index is -0.220. The highest BCUT2D eigenvalue weighted by Gasteiger charge is 2.23. The van der Waals surface area contributed by atoms with Crippen LogP contribution in [0.25, 0.3) is 0 Å². The van der Waals surface area contributed by atoms with Crippen molar-refractivity contribution in [1.29, 1.82) is 0 Å². The number of carbonyl (C=O) groups excluding carboxylic acids is 3. The van der Waals surface area contributed by atoms with E-state index < -0.39 is 0 Å². The Kier molecular flexibility index (Phi) is 6.09. The number of anilines is 1. The Morgan fingerprint density at radius 1 is 0.885 bits per heavy atom. The monoisotopic (exact) mass is 358 g/mol. The normalized spacial score (nSPS) is 16.8. The van der Waals surface area contributed by atoms with Gasteiger partial charge in [0.25, 0.3) is 5.91 Å². The zero-order valence-electron chi connectivity index (χ0n) is 14.8. The smallest absolute Gasteiger partial charge is 0.319 e. The fraction of sp³-hybridized carbons (Fsp3) is 0.526. The molecule has 0 atom stereocenters. The number of rotatable bonds is 7. The quantitative estimate of drug-likeness (QED) is 0.561. The Bertz CT molecular complexity index is 649. The SMILES string of the molecule is O=C(Nc1ccc(C(=O)NCCNC(=O)C2CCCC2)cc1)NC1CC1. The molecule has 2 aliphatic carbocycles. The van der Waals surface area contributed by atoms with Gasteiger partial charge in [0, 0.05) is 36.3 Å². The Morgan fingerprint density at radius 2 is 1.54 bits per heavy atom. The first-order valence-electron chi connectivity index (χ1n) is 9.35. The van der Waals surface area contributed by atoms with E-state index in [4.69, 9.17) is 0 Å². The van der Waals surface area contributed by atoms with Gasteiger partial charge in [0.1, 0.15) is 0 Å². The van der Waals surface area contributed by atoms with Gasteiger partial charge < -0.3 is 21.3 Å². The van der Waals surface area contributed by atoms with Crippen LogP contribution in [-0.2, 0) is 4.79 Å². The molecule has 0 aliphatic heterocycles. The van der Waals surface area contributed by atoms with Crippen LogP contribution in [0.1, 0.15) is 48.9 Å². The zero-order valence-corrected chi connectivity index (χ0v) is 14.8. The summed E-state index contributed by atoms with van der Waals surface area (Å²) >= 11 is 0. The molecule has 7 heteroatoms. The van der Waals surface area contributed by atoms with Crippen LogP contribution in [0.15, 0.2) is 24.3 Å². The first-order valence-corrected chi connectivity index (χ1v) is 9.35. The molecule has 0 bridgehead atoms. The van der Waals surface area contributed by atoms with Gasteiger partial charge >= 0.3 is 6.03 Å². The van der Waals surface area contributed by atoms with E-state index in [0.717, 1.165) is 38.5 Å². The molecule has 0 unspecified atom stereocenters. The van der Waals surface area contributed by atoms with E-state index >= 15 is 0 Å². The third-order valence-electron chi connectivity index (χ3n) is 4.75. The number of nitrogens with one attached hydrogen (secondary N) is 4. The van der Waals surface area contributed by atoms with Crippen molar-refractivity contribution in [2.24, 2.45) is 5.92 Å². The van der Waals surface area contributed by atoms with Gasteiger partial charge in [-0.2, -0.15) is 0 Å². The van der Waals surface area contributed by atoms with Gasteiger partial charge in [-0.15, -0.1) is 0 Å². The molecule has 0 heterocycles. The highest BCUT2D eigenvalue weighted by molar-refractivity contribution is 5.95. The van der Waals surface area contributed by atoms with E-state index in [9.17, 15) is 14.4 Å². The summed E-state index contributed by atoms with van der Waals surface area (Å²) in [5.74, 6) is 0.0357. The Hall–Kier alpha value is -2.57. The Morgan fingerprint density at radius 3 is 2.19 bits per heavy atom. The van der Waals surface area contributed by atoms with Crippen molar-refractivity contribution in [3.05, 3.63) is 29.8 Å². The van der Waals surface area contributed by atoms with E-state index in [1.165, 1.54) is 0 Å². The molecule has 4 amide bonds. The number of amides is 4. The van der Waals surface area contributed by atoms with E-state index in [-0.39, 0.29) is 23.8 Å². The van der Waals surface area contributed by atoms with Crippen LogP contribution in [0.4, 0.5) is 10.5 Å². The summed E-state index contributed by atoms with van der Waals surface area (Å²) in [5.41, 5.74) is 1.16. The molecule has 0 spiro atoms. The molecule has 4 N–H and O–H groups in total. The third-order valence-corrected chi connectivity index (χ3v) is 4.75. The zero-order chi connectivity index (χ0) is 18.4. The van der Waals surface area contributed by atoms with Gasteiger partial charge in [-0.25, -0.2) is 4.79 Å². The molecule has 2 aliphatic rings. The molecule has 2 fully saturated rings. The van der Waals surface area contributed by atoms with Crippen LogP contribution >= 0.6 is 0 Å². The second kappa shape index (κ2) is 8.69. The summed E-state index contributed by atoms with van der Waals surface area (Å²) in [6.45, 7) is 0.823. The topological polar surface area (TPSA) is 99.3 Å². The second-order valence-electron chi connectivity index (χ2n) is 6.98. The number of urea groups is 1. The lowest BCUT2D eigenvalue weighted by Gasteiger charge is -2.11. The summed E-state index contributed by atoms with van der Waals surface area (Å²) in [4.78, 5) is 35.7. The molecule has 0 radical (unpaired) electrons. The van der Waals surface area contributed by atoms with Crippen LogP contribution in [0.5, 0.6) is 0 Å². The van der Waals surface area contributed by atoms with Gasteiger partial charge in [-0.05, 0) is 49.9 Å². The molecule has 1 aromatic carbocycles. The van der Waals surface area contributed by atoms with Crippen LogP contribution in [-0.4, -0.2) is 37.0 Å². The summed E-state index contributed by atoms with van der Waals surface area (Å²) < 4.78 is 0. The van der Waals surface area contributed by atoms with Crippen molar-refractivity contribution in [1.82, 2.24) is 16.0 Å². The van der Waals surface area contributed by atoms with Crippen molar-refractivity contribution >= 4 is 23.5 Å². The predicted octanol–water partition coefficient (Wildman–Crippen LogP) is 2.01. The van der Waals surface area contributed by atoms with Gasteiger partial charge in [0.2, 0.25) is 5.91 Å². The van der Waals surface area contributed by atoms with Crippen molar-refractivity contribution in [3.8, 4) is 0 Å². The maximum atomic E-state index is 12.1. The molecule has 7 nitrogen and oxygen atoms in total. The lowest BCUT2D eigenvalue weighted by Crippen LogP contribution is -2.37. The van der Waals surface area contributed by atoms with E-state index in [1.807, 2.05) is 0 Å². The summed E-state index contributed by atoms with van der Waals surface area (Å²) in [5, 5.41) is 11.2. The van der Waals surface area contributed by atoms with Gasteiger partial charge in [0.05, 0.1) is 0 Å². The Balaban J connectivity index is 1.35. The summed E-state index contributed by atoms with van der Waals surface area (Å²) in [6, 6.07) is 6.81. The summed E-state index contributed by atoms with van der Waals surface area (Å²) in [7, 11) is 0. The molecule has 140 valence electrons. The molecule has 0 saturated heterocycles. The second-order valence-corrected chi connectivity index (χ2v) is 6.98. The van der Waals surface area contributed by atoms with Crippen LogP contribution in [0.3, 0.4) is 0 Å². The largest absolute Gasteiger partial charge is 0.354 e. The number of carbonyl (C=O) groups is 3. The molecule has 0 aromatic heterocycles. The fourth-order valence-corrected chi connectivity index (χ4v) is 3.08. The number of hydrogen-bond acceptors (Lipinski definition) is 3. The van der Waals surface area contributed by atoms with E-state index in [1.54, 1.807) is 24.3 Å². The first kappa shape index (κ1) is 18.2. The number of hydrogen-bond donors (Lipinski definition) is 4. The minimum absolute atomic E-state index is 0.0941. The highest BCUT2D eigenvalue weighted by Crippen LogP contribution is 2.24. The molecular formula is C19H26N4O3. The van der Waals surface area contributed by atoms with Gasteiger partial charge in [-0.1, -0.05) is 12.8 Å². The number of benzene rings is 1. The minimum Gasteiger partial charge on any atom is -0.354 e. The van der Waals surface area contributed by atoms with E-state index in [0.29, 0.717) is 30.4 Å². The van der Waals surface area contributed by atoms with Crippen molar-refractivity contribution < 1.29 is 14.4 Å². The molecule has 26 heavy (non-hydrogen) atoms. The highest BCUT2D eigenvalue weighted by atomic mass is 16.2. The lowest BCUT2D eigenvalue weighted by molar-refractivity contribution is -0.124. The maximum absolute atomic E-state index is 12.1. The molecule has 3 rings (SSSR count). The maximum Gasteiger partial charge on any atom is 0.319 e. The van der Waals surface area contributed by atoms with Crippen molar-refractivity contribution in [3.63, 3.8) is 0 Å². The van der Waals surface area contributed by atoms with Crippen LogP contribution in [0, 0.1) is 5.92 Å². The molecule has 2 saturated carbocycles. The fourth-order valence-electron chi connectivity index (χ4n) is 3.08. The summed E-state index contributed by atoms with van der Waals surface area (Å²) in [6.07, 6.45) is 6.26. The van der Waals surface area contributed by atoms with Gasteiger partial charge in [0.15, 0.2) is 0 Å². The first-order chi connectivity index (χ1) is 12.6.